The molecule has 1 unspecified atom stereocenters. The number of hydrogen-bond donors (Lipinski definition) is 4. The van der Waals surface area contributed by atoms with Crippen LogP contribution in [0.5, 0.6) is 0 Å². The third kappa shape index (κ3) is 5.20. The molecule has 0 aliphatic heterocycles. The van der Waals surface area contributed by atoms with E-state index >= 15 is 0 Å². The van der Waals surface area contributed by atoms with Gasteiger partial charge < -0.3 is 21.4 Å². The summed E-state index contributed by atoms with van der Waals surface area (Å²) >= 11 is 1.20. The van der Waals surface area contributed by atoms with Gasteiger partial charge in [0.1, 0.15) is 6.04 Å². The van der Waals surface area contributed by atoms with E-state index in [0.29, 0.717) is 17.2 Å². The van der Waals surface area contributed by atoms with Gasteiger partial charge in [0.25, 0.3) is 0 Å². The number of anilines is 1. The fourth-order valence-electron chi connectivity index (χ4n) is 2.88. The van der Waals surface area contributed by atoms with Gasteiger partial charge >= 0.3 is 0 Å². The van der Waals surface area contributed by atoms with Crippen LogP contribution in [0, 0.1) is 5.92 Å². The van der Waals surface area contributed by atoms with Gasteiger partial charge in [-0.15, -0.1) is 11.3 Å². The monoisotopic (exact) mass is 413 g/mol. The maximum atomic E-state index is 12.9. The van der Waals surface area contributed by atoms with E-state index in [-0.39, 0.29) is 24.2 Å². The lowest BCUT2D eigenvalue weighted by atomic mass is 10.0. The van der Waals surface area contributed by atoms with Crippen molar-refractivity contribution in [3.05, 3.63) is 47.1 Å². The molecule has 2 heterocycles. The number of nitrogens with one attached hydrogen (secondary N) is 3. The van der Waals surface area contributed by atoms with Crippen LogP contribution in [0.1, 0.15) is 25.1 Å². The van der Waals surface area contributed by atoms with Crippen LogP contribution in [0.25, 0.3) is 10.9 Å². The van der Waals surface area contributed by atoms with Gasteiger partial charge in [0, 0.05) is 34.8 Å². The average molecular weight is 414 g/mol. The summed E-state index contributed by atoms with van der Waals surface area (Å²) in [6.07, 6.45) is 2.18. The lowest BCUT2D eigenvalue weighted by Gasteiger charge is -2.19. The van der Waals surface area contributed by atoms with Gasteiger partial charge in [-0.05, 0) is 11.6 Å². The van der Waals surface area contributed by atoms with E-state index in [0.717, 1.165) is 16.5 Å². The smallest absolute Gasteiger partial charge is 0.249 e. The minimum absolute atomic E-state index is 0.00915. The molecule has 2 aromatic heterocycles. The molecule has 0 saturated heterocycles. The normalized spacial score (nSPS) is 12.1. The minimum atomic E-state index is -0.771. The van der Waals surface area contributed by atoms with Gasteiger partial charge in [-0.3, -0.25) is 14.4 Å². The zero-order valence-corrected chi connectivity index (χ0v) is 17.0. The Morgan fingerprint density at radius 1 is 1.21 bits per heavy atom. The summed E-state index contributed by atoms with van der Waals surface area (Å²) in [5, 5.41) is 8.57. The van der Waals surface area contributed by atoms with Crippen molar-refractivity contribution < 1.29 is 14.4 Å². The number of para-hydroxylation sites is 1. The number of primary amides is 1. The van der Waals surface area contributed by atoms with Crippen LogP contribution in [0.2, 0.25) is 0 Å². The first-order valence-electron chi connectivity index (χ1n) is 9.22. The molecule has 3 amide bonds. The topological polar surface area (TPSA) is 130 Å². The first-order valence-corrected chi connectivity index (χ1v) is 10.1. The van der Waals surface area contributed by atoms with Crippen LogP contribution in [0.15, 0.2) is 35.8 Å². The summed E-state index contributed by atoms with van der Waals surface area (Å²) in [5.74, 6) is -1.33. The standard InChI is InChI=1S/C20H23N5O3S/c1-11(2)18(27)24-16(7-12-9-22-15-6-4-3-5-14(12)15)19(28)25-20-23-13(10-29-20)8-17(21)26/h3-6,9-11,16,22H,7-8H2,1-2H3,(H2,21,26)(H,24,27)(H,23,25,28). The molecule has 5 N–H and O–H groups in total. The van der Waals surface area contributed by atoms with E-state index in [2.05, 4.69) is 20.6 Å². The average Bonchev–Trinajstić information content (AvgIpc) is 3.27. The maximum Gasteiger partial charge on any atom is 0.249 e. The van der Waals surface area contributed by atoms with Crippen molar-refractivity contribution in [3.63, 3.8) is 0 Å². The number of thiazole rings is 1. The molecule has 29 heavy (non-hydrogen) atoms. The van der Waals surface area contributed by atoms with Gasteiger partial charge in [-0.2, -0.15) is 0 Å². The number of nitrogens with two attached hydrogens (primary N) is 1. The predicted molar refractivity (Wildman–Crippen MR) is 112 cm³/mol. The van der Waals surface area contributed by atoms with Gasteiger partial charge in [0.05, 0.1) is 12.1 Å². The van der Waals surface area contributed by atoms with Gasteiger partial charge in [0.2, 0.25) is 17.7 Å². The number of H-pyrrole nitrogens is 1. The van der Waals surface area contributed by atoms with Crippen molar-refractivity contribution >= 4 is 45.1 Å². The van der Waals surface area contributed by atoms with E-state index in [1.807, 2.05) is 30.5 Å². The number of carbonyl (C=O) groups excluding carboxylic acids is 3. The Morgan fingerprint density at radius 2 is 1.97 bits per heavy atom. The van der Waals surface area contributed by atoms with Gasteiger partial charge in [0.15, 0.2) is 5.13 Å². The number of aromatic amines is 1. The second-order valence-corrected chi connectivity index (χ2v) is 7.91. The highest BCUT2D eigenvalue weighted by Gasteiger charge is 2.24. The van der Waals surface area contributed by atoms with Crippen LogP contribution in [-0.4, -0.2) is 33.7 Å². The van der Waals surface area contributed by atoms with E-state index in [9.17, 15) is 14.4 Å². The van der Waals surface area contributed by atoms with Crippen LogP contribution >= 0.6 is 11.3 Å². The Morgan fingerprint density at radius 3 is 2.69 bits per heavy atom. The summed E-state index contributed by atoms with van der Waals surface area (Å²) in [6.45, 7) is 3.54. The molecule has 1 aromatic carbocycles. The largest absolute Gasteiger partial charge is 0.369 e. The Kier molecular flexibility index (Phi) is 6.28. The molecule has 0 aliphatic carbocycles. The lowest BCUT2D eigenvalue weighted by Crippen LogP contribution is -2.46. The summed E-state index contributed by atoms with van der Waals surface area (Å²) in [4.78, 5) is 43.6. The first-order chi connectivity index (χ1) is 13.8. The highest BCUT2D eigenvalue weighted by Crippen LogP contribution is 2.21. The van der Waals surface area contributed by atoms with Crippen molar-refractivity contribution in [1.82, 2.24) is 15.3 Å². The number of benzene rings is 1. The van der Waals surface area contributed by atoms with Crippen molar-refractivity contribution in [2.45, 2.75) is 32.7 Å². The van der Waals surface area contributed by atoms with E-state index in [1.54, 1.807) is 19.2 Å². The van der Waals surface area contributed by atoms with E-state index < -0.39 is 11.9 Å². The quantitative estimate of drug-likeness (QED) is 0.450. The number of fused-ring (bicyclic) bond motifs is 1. The lowest BCUT2D eigenvalue weighted by molar-refractivity contribution is -0.128. The first kappa shape index (κ1) is 20.5. The number of rotatable bonds is 8. The number of carbonyl (C=O) groups is 3. The molecule has 0 bridgehead atoms. The fraction of sp³-hybridized carbons (Fsp3) is 0.300. The molecule has 1 atom stereocenters. The van der Waals surface area contributed by atoms with E-state index in [1.165, 1.54) is 11.3 Å². The summed E-state index contributed by atoms with van der Waals surface area (Å²) in [5.41, 5.74) is 7.57. The Bertz CT molecular complexity index is 1040. The Hall–Kier alpha value is -3.20. The maximum absolute atomic E-state index is 12.9. The zero-order chi connectivity index (χ0) is 21.0. The minimum Gasteiger partial charge on any atom is -0.369 e. The number of aromatic nitrogens is 2. The second kappa shape index (κ2) is 8.87. The summed E-state index contributed by atoms with van der Waals surface area (Å²) < 4.78 is 0. The fourth-order valence-corrected chi connectivity index (χ4v) is 3.60. The van der Waals surface area contributed by atoms with Crippen LogP contribution in [0.4, 0.5) is 5.13 Å². The van der Waals surface area contributed by atoms with Crippen LogP contribution in [-0.2, 0) is 27.2 Å². The molecule has 9 heteroatoms. The molecule has 0 saturated carbocycles. The zero-order valence-electron chi connectivity index (χ0n) is 16.2. The Balaban J connectivity index is 1.78. The number of hydrogen-bond acceptors (Lipinski definition) is 5. The molecular formula is C20H23N5O3S. The van der Waals surface area contributed by atoms with Crippen LogP contribution < -0.4 is 16.4 Å². The van der Waals surface area contributed by atoms with Crippen molar-refractivity contribution in [1.29, 1.82) is 0 Å². The molecule has 3 rings (SSSR count). The third-order valence-corrected chi connectivity index (χ3v) is 5.20. The van der Waals surface area contributed by atoms with Gasteiger partial charge in [-0.1, -0.05) is 32.0 Å². The summed E-state index contributed by atoms with van der Waals surface area (Å²) in [6, 6.07) is 7.01. The second-order valence-electron chi connectivity index (χ2n) is 7.06. The summed E-state index contributed by atoms with van der Waals surface area (Å²) in [7, 11) is 0. The molecule has 152 valence electrons. The van der Waals surface area contributed by atoms with Crippen molar-refractivity contribution in [3.8, 4) is 0 Å². The SMILES string of the molecule is CC(C)C(=O)NC(Cc1c[nH]c2ccccc12)C(=O)Nc1nc(CC(N)=O)cs1. The Labute approximate surface area is 171 Å². The third-order valence-electron chi connectivity index (χ3n) is 4.39. The molecule has 0 spiro atoms. The highest BCUT2D eigenvalue weighted by atomic mass is 32.1. The van der Waals surface area contributed by atoms with Crippen LogP contribution in [0.3, 0.4) is 0 Å². The number of nitrogens with zero attached hydrogens (tertiary/aromatic N) is 1. The molecular weight excluding hydrogens is 390 g/mol. The highest BCUT2D eigenvalue weighted by molar-refractivity contribution is 7.13. The van der Waals surface area contributed by atoms with E-state index in [4.69, 9.17) is 5.73 Å². The van der Waals surface area contributed by atoms with Gasteiger partial charge in [-0.25, -0.2) is 4.98 Å². The number of amides is 3. The molecule has 0 radical (unpaired) electrons. The van der Waals surface area contributed by atoms with Crippen molar-refractivity contribution in [2.24, 2.45) is 11.7 Å². The van der Waals surface area contributed by atoms with Crippen molar-refractivity contribution in [2.75, 3.05) is 5.32 Å². The molecule has 0 aliphatic rings. The molecule has 3 aromatic rings. The predicted octanol–water partition coefficient (Wildman–Crippen LogP) is 1.97. The molecule has 0 fully saturated rings. The molecule has 8 nitrogen and oxygen atoms in total.